The van der Waals surface area contributed by atoms with Gasteiger partial charge in [-0.1, -0.05) is 23.8 Å². The second kappa shape index (κ2) is 13.8. The van der Waals surface area contributed by atoms with E-state index in [-0.39, 0.29) is 0 Å². The lowest BCUT2D eigenvalue weighted by atomic mass is 9.84. The third kappa shape index (κ3) is 7.97. The number of thiophene rings is 1. The Morgan fingerprint density at radius 1 is 0.884 bits per heavy atom. The van der Waals surface area contributed by atoms with Crippen LogP contribution in [0.4, 0.5) is 0 Å². The zero-order valence-corrected chi connectivity index (χ0v) is 25.4. The molecule has 1 saturated heterocycles. The van der Waals surface area contributed by atoms with Gasteiger partial charge in [0.15, 0.2) is 12.2 Å². The van der Waals surface area contributed by atoms with Crippen LogP contribution in [0.5, 0.6) is 0 Å². The van der Waals surface area contributed by atoms with Crippen molar-refractivity contribution < 1.29 is 42.9 Å². The van der Waals surface area contributed by atoms with Crippen LogP contribution in [-0.4, -0.2) is 54.6 Å². The van der Waals surface area contributed by atoms with E-state index >= 15 is 0 Å². The first-order chi connectivity index (χ1) is 20.4. The van der Waals surface area contributed by atoms with Gasteiger partial charge in [-0.05, 0) is 60.7 Å². The van der Waals surface area contributed by atoms with Crippen LogP contribution in [-0.2, 0) is 49.3 Å². The number of esters is 4. The van der Waals surface area contributed by atoms with Crippen molar-refractivity contribution in [3.05, 3.63) is 69.6 Å². The van der Waals surface area contributed by atoms with E-state index in [2.05, 4.69) is 19.1 Å². The van der Waals surface area contributed by atoms with Gasteiger partial charge in [0.25, 0.3) is 0 Å². The Balaban J connectivity index is 1.68. The first-order valence-corrected chi connectivity index (χ1v) is 14.6. The molecule has 1 fully saturated rings. The molecule has 1 aliphatic carbocycles. The number of rotatable bonds is 8. The number of benzene rings is 1. The van der Waals surface area contributed by atoms with Crippen LogP contribution >= 0.6 is 11.3 Å². The van der Waals surface area contributed by atoms with Gasteiger partial charge in [-0.25, -0.2) is 0 Å². The van der Waals surface area contributed by atoms with E-state index in [0.29, 0.717) is 24.8 Å². The smallest absolute Gasteiger partial charge is 0.305 e. The molecule has 5 atom stereocenters. The van der Waals surface area contributed by atoms with E-state index in [9.17, 15) is 24.4 Å². The number of hydrogen-bond donors (Lipinski definition) is 0. The Labute approximate surface area is 253 Å². The van der Waals surface area contributed by atoms with Crippen LogP contribution in [0.3, 0.4) is 0 Å². The molecule has 2 aliphatic rings. The predicted octanol–water partition coefficient (Wildman–Crippen LogP) is 4.95. The molecule has 1 unspecified atom stereocenters. The molecule has 43 heavy (non-hydrogen) atoms. The second-order valence-corrected chi connectivity index (χ2v) is 11.6. The third-order valence-corrected chi connectivity index (χ3v) is 8.18. The van der Waals surface area contributed by atoms with Crippen LogP contribution in [0, 0.1) is 11.3 Å². The van der Waals surface area contributed by atoms with Gasteiger partial charge in [0.05, 0.1) is 11.6 Å². The van der Waals surface area contributed by atoms with E-state index in [1.54, 1.807) is 17.4 Å². The van der Waals surface area contributed by atoms with E-state index in [1.165, 1.54) is 26.3 Å². The molecule has 11 heteroatoms. The van der Waals surface area contributed by atoms with E-state index in [0.717, 1.165) is 33.4 Å². The number of ether oxygens (including phenoxy) is 5. The normalized spacial score (nSPS) is 23.4. The lowest BCUT2D eigenvalue weighted by Gasteiger charge is -2.45. The largest absolute Gasteiger partial charge is 0.455 e. The minimum atomic E-state index is -1.41. The molecule has 2 heterocycles. The lowest BCUT2D eigenvalue weighted by molar-refractivity contribution is -0.289. The van der Waals surface area contributed by atoms with Crippen molar-refractivity contribution in [2.45, 2.75) is 84.6 Å². The molecular weight excluding hydrogens is 574 g/mol. The molecule has 0 amide bonds. The highest BCUT2D eigenvalue weighted by atomic mass is 32.1. The van der Waals surface area contributed by atoms with Crippen LogP contribution in [0.2, 0.25) is 0 Å². The molecule has 2 aromatic rings. The van der Waals surface area contributed by atoms with Gasteiger partial charge in [-0.15, -0.1) is 11.3 Å². The molecule has 0 spiro atoms. The first kappa shape index (κ1) is 31.7. The molecule has 10 nitrogen and oxygen atoms in total. The van der Waals surface area contributed by atoms with Gasteiger partial charge < -0.3 is 23.7 Å². The predicted molar refractivity (Wildman–Crippen MR) is 155 cm³/mol. The summed E-state index contributed by atoms with van der Waals surface area (Å²) < 4.78 is 28.1. The maximum absolute atomic E-state index is 12.2. The minimum absolute atomic E-state index is 0.548. The number of allylic oxidation sites excluding steroid dienone is 3. The minimum Gasteiger partial charge on any atom is -0.455 e. The molecule has 1 aromatic carbocycles. The van der Waals surface area contributed by atoms with Gasteiger partial charge in [-0.2, -0.15) is 5.26 Å². The van der Waals surface area contributed by atoms with Crippen molar-refractivity contribution in [2.75, 3.05) is 0 Å². The molecular formula is C32H33NO9S. The van der Waals surface area contributed by atoms with Gasteiger partial charge in [0.2, 0.25) is 12.4 Å². The number of carbonyl (C=O) groups is 4. The average Bonchev–Trinajstić information content (AvgIpc) is 3.40. The number of carbonyl (C=O) groups excluding carboxylic acids is 4. The summed E-state index contributed by atoms with van der Waals surface area (Å²) in [6, 6.07) is 13.7. The molecule has 1 aromatic heterocycles. The fourth-order valence-electron chi connectivity index (χ4n) is 5.23. The van der Waals surface area contributed by atoms with Gasteiger partial charge >= 0.3 is 23.9 Å². The fraction of sp³-hybridized carbons (Fsp3) is 0.406. The Hall–Kier alpha value is -4.27. The van der Waals surface area contributed by atoms with Crippen molar-refractivity contribution in [2.24, 2.45) is 0 Å². The van der Waals surface area contributed by atoms with Gasteiger partial charge in [0, 0.05) is 43.9 Å². The Kier molecular flexibility index (Phi) is 10.2. The van der Waals surface area contributed by atoms with Crippen LogP contribution in [0.1, 0.15) is 57.9 Å². The first-order valence-electron chi connectivity index (χ1n) is 13.8. The SMILES string of the molecule is CC(=O)O[C@H]1OC(C2=CC(Cc3ccc(-c4cccc(C#N)c4)s3)=C(C)CC2)[C@H](OC(C)=O)[C@@H](OC(C)=O)[C@@H]1OC(C)=O. The molecule has 0 radical (unpaired) electrons. The molecule has 0 N–H and O–H groups in total. The molecule has 4 rings (SSSR count). The third-order valence-electron chi connectivity index (χ3n) is 7.05. The Morgan fingerprint density at radius 3 is 2.19 bits per heavy atom. The number of hydrogen-bond acceptors (Lipinski definition) is 11. The standard InChI is InChI=1S/C32H33NO9S/c1-17-9-10-24(14-25(17)15-26-11-12-27(43-26)23-8-6-7-22(13-23)16-33)28-29(38-18(2)34)30(39-19(3)35)31(40-20(4)36)32(42-28)41-21(5)37/h6-8,11-14,28-32H,9-10,15H2,1-5H3/t28?,29-,30+,31-,32-/m0/s1. The highest BCUT2D eigenvalue weighted by molar-refractivity contribution is 7.15. The van der Waals surface area contributed by atoms with Crippen LogP contribution in [0.15, 0.2) is 59.2 Å². The van der Waals surface area contributed by atoms with Crippen LogP contribution in [0.25, 0.3) is 10.4 Å². The van der Waals surface area contributed by atoms with Gasteiger partial charge in [0.1, 0.15) is 6.10 Å². The van der Waals surface area contributed by atoms with Gasteiger partial charge in [-0.3, -0.25) is 19.2 Å². The Bertz CT molecular complexity index is 1510. The highest BCUT2D eigenvalue weighted by Gasteiger charge is 2.54. The topological polar surface area (TPSA) is 138 Å². The zero-order chi connectivity index (χ0) is 31.3. The maximum Gasteiger partial charge on any atom is 0.305 e. The fourth-order valence-corrected chi connectivity index (χ4v) is 6.25. The lowest BCUT2D eigenvalue weighted by Crippen LogP contribution is -2.62. The zero-order valence-electron chi connectivity index (χ0n) is 24.6. The van der Waals surface area contributed by atoms with Crippen molar-refractivity contribution in [3.63, 3.8) is 0 Å². The monoisotopic (exact) mass is 607 g/mol. The number of nitrogens with zero attached hydrogens (tertiary/aromatic N) is 1. The highest BCUT2D eigenvalue weighted by Crippen LogP contribution is 2.38. The molecule has 1 aliphatic heterocycles. The summed E-state index contributed by atoms with van der Waals surface area (Å²) in [6.07, 6.45) is -2.36. The van der Waals surface area contributed by atoms with E-state index in [1.807, 2.05) is 30.3 Å². The van der Waals surface area contributed by atoms with E-state index in [4.69, 9.17) is 23.7 Å². The second-order valence-electron chi connectivity index (χ2n) is 10.4. The number of nitriles is 1. The molecule has 0 bridgehead atoms. The van der Waals surface area contributed by atoms with Crippen molar-refractivity contribution in [1.29, 1.82) is 5.26 Å². The summed E-state index contributed by atoms with van der Waals surface area (Å²) in [7, 11) is 0. The maximum atomic E-state index is 12.2. The summed E-state index contributed by atoms with van der Waals surface area (Å²) in [6.45, 7) is 6.78. The molecule has 226 valence electrons. The Morgan fingerprint density at radius 2 is 1.53 bits per heavy atom. The summed E-state index contributed by atoms with van der Waals surface area (Å²) in [4.78, 5) is 50.5. The summed E-state index contributed by atoms with van der Waals surface area (Å²) >= 11 is 1.63. The van der Waals surface area contributed by atoms with Crippen molar-refractivity contribution in [3.8, 4) is 16.5 Å². The van der Waals surface area contributed by atoms with Crippen molar-refractivity contribution >= 4 is 35.2 Å². The average molecular weight is 608 g/mol. The summed E-state index contributed by atoms with van der Waals surface area (Å²) in [5, 5.41) is 9.26. The molecule has 0 saturated carbocycles. The van der Waals surface area contributed by atoms with Crippen LogP contribution < -0.4 is 0 Å². The quantitative estimate of drug-likeness (QED) is 0.299. The van der Waals surface area contributed by atoms with Crippen molar-refractivity contribution in [1.82, 2.24) is 0 Å². The summed E-state index contributed by atoms with van der Waals surface area (Å²) in [5.74, 6) is -2.78. The van der Waals surface area contributed by atoms with E-state index < -0.39 is 54.6 Å². The summed E-state index contributed by atoms with van der Waals surface area (Å²) in [5.41, 5.74) is 4.53.